The van der Waals surface area contributed by atoms with Crippen molar-refractivity contribution in [3.8, 4) is 23.0 Å². The summed E-state index contributed by atoms with van der Waals surface area (Å²) >= 11 is 11.9. The smallest absolute Gasteiger partial charge is 0.170 e. The van der Waals surface area contributed by atoms with Crippen LogP contribution in [-0.2, 0) is 6.54 Å². The highest BCUT2D eigenvalue weighted by atomic mass is 35.5. The van der Waals surface area contributed by atoms with E-state index in [2.05, 4.69) is 5.32 Å². The second-order valence-electron chi connectivity index (χ2n) is 5.79. The van der Waals surface area contributed by atoms with Crippen LogP contribution >= 0.6 is 23.2 Å². The van der Waals surface area contributed by atoms with E-state index < -0.39 is 0 Å². The molecular formula is C21H19Cl2NO3. The van der Waals surface area contributed by atoms with Gasteiger partial charge in [-0.1, -0.05) is 29.3 Å². The molecule has 0 aliphatic carbocycles. The average Bonchev–Trinajstić information content (AvgIpc) is 2.67. The molecule has 140 valence electrons. The van der Waals surface area contributed by atoms with Gasteiger partial charge in [0.2, 0.25) is 0 Å². The Morgan fingerprint density at radius 2 is 1.30 bits per heavy atom. The lowest BCUT2D eigenvalue weighted by Gasteiger charge is -2.14. The average molecular weight is 404 g/mol. The van der Waals surface area contributed by atoms with Crippen LogP contribution in [0.1, 0.15) is 5.56 Å². The van der Waals surface area contributed by atoms with Gasteiger partial charge in [-0.2, -0.15) is 0 Å². The first-order valence-electron chi connectivity index (χ1n) is 8.45. The van der Waals surface area contributed by atoms with Gasteiger partial charge in [0.25, 0.3) is 0 Å². The van der Waals surface area contributed by atoms with Crippen LogP contribution in [0.2, 0.25) is 10.0 Å². The maximum atomic E-state index is 8.92. The number of nitrogens with one attached hydrogen (secondary N) is 1. The highest BCUT2D eigenvalue weighted by Gasteiger charge is 2.10. The summed E-state index contributed by atoms with van der Waals surface area (Å²) in [5.74, 6) is 2.47. The number of hydrogen-bond donors (Lipinski definition) is 2. The molecule has 4 nitrogen and oxygen atoms in total. The van der Waals surface area contributed by atoms with Crippen molar-refractivity contribution in [2.24, 2.45) is 0 Å². The van der Waals surface area contributed by atoms with Crippen molar-refractivity contribution in [2.75, 3.05) is 13.2 Å². The van der Waals surface area contributed by atoms with Gasteiger partial charge in [-0.25, -0.2) is 0 Å². The molecule has 2 N–H and O–H groups in total. The van der Waals surface area contributed by atoms with E-state index >= 15 is 0 Å². The van der Waals surface area contributed by atoms with Gasteiger partial charge in [0.05, 0.1) is 6.61 Å². The molecule has 0 fully saturated rings. The van der Waals surface area contributed by atoms with Crippen LogP contribution in [0.3, 0.4) is 0 Å². The molecule has 0 heterocycles. The molecule has 0 aliphatic rings. The lowest BCUT2D eigenvalue weighted by atomic mass is 10.2. The minimum Gasteiger partial charge on any atom is -0.453 e. The first-order valence-corrected chi connectivity index (χ1v) is 9.21. The molecule has 27 heavy (non-hydrogen) atoms. The van der Waals surface area contributed by atoms with E-state index in [-0.39, 0.29) is 6.61 Å². The van der Waals surface area contributed by atoms with Gasteiger partial charge in [0.1, 0.15) is 11.5 Å². The lowest BCUT2D eigenvalue weighted by Crippen LogP contribution is -2.17. The number of hydrogen-bond acceptors (Lipinski definition) is 4. The van der Waals surface area contributed by atoms with Crippen molar-refractivity contribution in [1.29, 1.82) is 0 Å². The quantitative estimate of drug-likeness (QED) is 0.476. The predicted octanol–water partition coefficient (Wildman–Crippen LogP) is 5.66. The minimum absolute atomic E-state index is 0.0892. The first-order chi connectivity index (χ1) is 13.1. The lowest BCUT2D eigenvalue weighted by molar-refractivity contribution is 0.292. The van der Waals surface area contributed by atoms with Crippen LogP contribution in [0.5, 0.6) is 23.0 Å². The summed E-state index contributed by atoms with van der Waals surface area (Å²) in [6.07, 6.45) is 0. The third-order valence-corrected chi connectivity index (χ3v) is 4.21. The van der Waals surface area contributed by atoms with E-state index in [1.165, 1.54) is 0 Å². The Kier molecular flexibility index (Phi) is 6.96. The van der Waals surface area contributed by atoms with E-state index in [1.54, 1.807) is 48.5 Å². The van der Waals surface area contributed by atoms with Gasteiger partial charge >= 0.3 is 0 Å². The summed E-state index contributed by atoms with van der Waals surface area (Å²) in [6, 6.07) is 20.0. The first kappa shape index (κ1) is 19.5. The van der Waals surface area contributed by atoms with Crippen LogP contribution in [-0.4, -0.2) is 18.3 Å². The summed E-state index contributed by atoms with van der Waals surface area (Å²) in [7, 11) is 0. The van der Waals surface area contributed by atoms with Crippen molar-refractivity contribution >= 4 is 23.2 Å². The van der Waals surface area contributed by atoms with Crippen molar-refractivity contribution < 1.29 is 14.6 Å². The van der Waals surface area contributed by atoms with Gasteiger partial charge in [0, 0.05) is 23.1 Å². The Balaban J connectivity index is 1.85. The van der Waals surface area contributed by atoms with Gasteiger partial charge in [-0.3, -0.25) is 0 Å². The normalized spacial score (nSPS) is 10.6. The Bertz CT molecular complexity index is 868. The molecule has 3 aromatic carbocycles. The summed E-state index contributed by atoms with van der Waals surface area (Å²) in [6.45, 7) is 1.22. The molecule has 0 aliphatic heterocycles. The SMILES string of the molecule is OCCNCc1ccc(Oc2ccc(Cl)cc2)c(Oc2ccc(Cl)cc2)c1. The zero-order valence-electron chi connectivity index (χ0n) is 14.5. The number of rotatable bonds is 8. The fraction of sp³-hybridized carbons (Fsp3) is 0.143. The third kappa shape index (κ3) is 5.88. The molecule has 0 bridgehead atoms. The standard InChI is InChI=1S/C21H19Cl2NO3/c22-16-2-6-18(7-3-16)26-20-10-1-15(14-24-11-12-25)13-21(20)27-19-8-4-17(23)5-9-19/h1-10,13,24-25H,11-12,14H2. The topological polar surface area (TPSA) is 50.7 Å². The Morgan fingerprint density at radius 1 is 0.741 bits per heavy atom. The number of aliphatic hydroxyl groups excluding tert-OH is 1. The molecule has 0 atom stereocenters. The van der Waals surface area contributed by atoms with Crippen LogP contribution in [0.15, 0.2) is 66.7 Å². The molecule has 3 rings (SSSR count). The van der Waals surface area contributed by atoms with Gasteiger partial charge in [-0.05, 0) is 66.2 Å². The maximum absolute atomic E-state index is 8.92. The Hall–Kier alpha value is -2.24. The van der Waals surface area contributed by atoms with Crippen molar-refractivity contribution in [3.05, 3.63) is 82.3 Å². The van der Waals surface area contributed by atoms with Crippen molar-refractivity contribution in [2.45, 2.75) is 6.54 Å². The highest BCUT2D eigenvalue weighted by Crippen LogP contribution is 2.36. The van der Waals surface area contributed by atoms with Crippen LogP contribution in [0.25, 0.3) is 0 Å². The fourth-order valence-corrected chi connectivity index (χ4v) is 2.65. The van der Waals surface area contributed by atoms with Crippen molar-refractivity contribution in [1.82, 2.24) is 5.32 Å². The molecule has 3 aromatic rings. The molecule has 0 amide bonds. The Morgan fingerprint density at radius 3 is 1.85 bits per heavy atom. The molecule has 0 spiro atoms. The fourth-order valence-electron chi connectivity index (χ4n) is 2.40. The molecule has 0 aromatic heterocycles. The van der Waals surface area contributed by atoms with E-state index in [0.717, 1.165) is 5.56 Å². The van der Waals surface area contributed by atoms with Crippen LogP contribution in [0, 0.1) is 0 Å². The second kappa shape index (κ2) is 9.62. The zero-order valence-corrected chi connectivity index (χ0v) is 16.0. The van der Waals surface area contributed by atoms with E-state index in [9.17, 15) is 0 Å². The summed E-state index contributed by atoms with van der Waals surface area (Å²) in [4.78, 5) is 0. The highest BCUT2D eigenvalue weighted by molar-refractivity contribution is 6.30. The summed E-state index contributed by atoms with van der Waals surface area (Å²) < 4.78 is 12.0. The van der Waals surface area contributed by atoms with Gasteiger partial charge in [0.15, 0.2) is 11.5 Å². The van der Waals surface area contributed by atoms with E-state index in [0.29, 0.717) is 46.1 Å². The number of aliphatic hydroxyl groups is 1. The van der Waals surface area contributed by atoms with E-state index in [1.807, 2.05) is 18.2 Å². The summed E-state index contributed by atoms with van der Waals surface area (Å²) in [5, 5.41) is 13.3. The van der Waals surface area contributed by atoms with Crippen molar-refractivity contribution in [3.63, 3.8) is 0 Å². The van der Waals surface area contributed by atoms with Gasteiger partial charge in [-0.15, -0.1) is 0 Å². The van der Waals surface area contributed by atoms with Gasteiger partial charge < -0.3 is 19.9 Å². The second-order valence-corrected chi connectivity index (χ2v) is 6.67. The summed E-state index contributed by atoms with van der Waals surface area (Å²) in [5.41, 5.74) is 1.01. The van der Waals surface area contributed by atoms with Crippen LogP contribution < -0.4 is 14.8 Å². The third-order valence-electron chi connectivity index (χ3n) is 3.71. The van der Waals surface area contributed by atoms with Crippen LogP contribution in [0.4, 0.5) is 0 Å². The predicted molar refractivity (Wildman–Crippen MR) is 108 cm³/mol. The molecule has 0 saturated carbocycles. The Labute approximate surface area is 168 Å². The molecular weight excluding hydrogens is 385 g/mol. The molecule has 0 saturated heterocycles. The minimum atomic E-state index is 0.0892. The molecule has 6 heteroatoms. The maximum Gasteiger partial charge on any atom is 0.170 e. The molecule has 0 radical (unpaired) electrons. The zero-order chi connectivity index (χ0) is 19.1. The monoisotopic (exact) mass is 403 g/mol. The largest absolute Gasteiger partial charge is 0.453 e. The number of benzene rings is 3. The van der Waals surface area contributed by atoms with E-state index in [4.69, 9.17) is 37.8 Å². The molecule has 0 unspecified atom stereocenters. The number of halogens is 2. The number of ether oxygens (including phenoxy) is 2.